The molecule has 0 saturated carbocycles. The number of aliphatic hydroxyl groups is 1. The van der Waals surface area contributed by atoms with Crippen LogP contribution >= 0.6 is 0 Å². The van der Waals surface area contributed by atoms with Crippen LogP contribution in [-0.2, 0) is 10.0 Å². The highest BCUT2D eigenvalue weighted by Gasteiger charge is 2.29. The standard InChI is InChI=1S/C16H25N3O5S/c1-3-18(4-2)25(23,24)14-7-8-15(16(10-14)19(21)22)17-9-5-6-13(11-17)12-20/h7-8,10,13,20H,3-6,9,11-12H2,1-2H3/t13-/m1/s1. The second-order valence-electron chi connectivity index (χ2n) is 6.13. The van der Waals surface area contributed by atoms with E-state index in [1.807, 2.05) is 4.90 Å². The Kier molecular flexibility index (Phi) is 6.36. The van der Waals surface area contributed by atoms with Crippen molar-refractivity contribution in [3.63, 3.8) is 0 Å². The number of benzene rings is 1. The fourth-order valence-electron chi connectivity index (χ4n) is 3.22. The Bertz CT molecular complexity index is 718. The molecule has 25 heavy (non-hydrogen) atoms. The van der Waals surface area contributed by atoms with Gasteiger partial charge in [-0.3, -0.25) is 10.1 Å². The van der Waals surface area contributed by atoms with Crippen molar-refractivity contribution in [3.8, 4) is 0 Å². The number of rotatable bonds is 7. The lowest BCUT2D eigenvalue weighted by Gasteiger charge is -2.33. The first-order valence-electron chi connectivity index (χ1n) is 8.49. The molecular weight excluding hydrogens is 346 g/mol. The minimum Gasteiger partial charge on any atom is -0.396 e. The number of nitro groups is 1. The minimum atomic E-state index is -3.75. The fourth-order valence-corrected chi connectivity index (χ4v) is 4.70. The van der Waals surface area contributed by atoms with Crippen LogP contribution in [0.25, 0.3) is 0 Å². The molecule has 0 spiro atoms. The molecule has 1 aromatic rings. The molecule has 140 valence electrons. The number of aliphatic hydroxyl groups excluding tert-OH is 1. The van der Waals surface area contributed by atoms with E-state index in [4.69, 9.17) is 0 Å². The van der Waals surface area contributed by atoms with Crippen LogP contribution in [0.3, 0.4) is 0 Å². The third kappa shape index (κ3) is 4.10. The molecule has 9 heteroatoms. The van der Waals surface area contributed by atoms with Crippen LogP contribution in [-0.4, -0.2) is 55.5 Å². The zero-order valence-electron chi connectivity index (χ0n) is 14.6. The van der Waals surface area contributed by atoms with Gasteiger partial charge in [0.15, 0.2) is 0 Å². The van der Waals surface area contributed by atoms with Crippen LogP contribution in [0.4, 0.5) is 11.4 Å². The molecule has 0 unspecified atom stereocenters. The van der Waals surface area contributed by atoms with Crippen molar-refractivity contribution >= 4 is 21.4 Å². The van der Waals surface area contributed by atoms with E-state index >= 15 is 0 Å². The molecule has 2 rings (SSSR count). The molecule has 0 aliphatic carbocycles. The Morgan fingerprint density at radius 2 is 2.04 bits per heavy atom. The van der Waals surface area contributed by atoms with E-state index in [0.717, 1.165) is 18.9 Å². The zero-order chi connectivity index (χ0) is 18.6. The van der Waals surface area contributed by atoms with Crippen LogP contribution in [0.1, 0.15) is 26.7 Å². The molecular formula is C16H25N3O5S. The summed E-state index contributed by atoms with van der Waals surface area (Å²) in [6, 6.07) is 4.08. The van der Waals surface area contributed by atoms with Crippen LogP contribution in [0.5, 0.6) is 0 Å². The molecule has 1 aliphatic rings. The second-order valence-corrected chi connectivity index (χ2v) is 8.07. The maximum Gasteiger partial charge on any atom is 0.293 e. The van der Waals surface area contributed by atoms with Gasteiger partial charge in [0.1, 0.15) is 5.69 Å². The van der Waals surface area contributed by atoms with Gasteiger partial charge < -0.3 is 10.0 Å². The predicted octanol–water partition coefficient (Wildman–Crippen LogP) is 1.83. The lowest BCUT2D eigenvalue weighted by Crippen LogP contribution is -2.37. The van der Waals surface area contributed by atoms with E-state index < -0.39 is 14.9 Å². The van der Waals surface area contributed by atoms with E-state index in [0.29, 0.717) is 31.9 Å². The highest BCUT2D eigenvalue weighted by atomic mass is 32.2. The summed E-state index contributed by atoms with van der Waals surface area (Å²) < 4.78 is 26.5. The number of nitrogens with zero attached hydrogens (tertiary/aromatic N) is 3. The summed E-state index contributed by atoms with van der Waals surface area (Å²) in [5, 5.41) is 20.9. The first-order valence-corrected chi connectivity index (χ1v) is 9.93. The van der Waals surface area contributed by atoms with Crippen molar-refractivity contribution in [3.05, 3.63) is 28.3 Å². The number of hydrogen-bond donors (Lipinski definition) is 1. The number of nitro benzene ring substituents is 1. The van der Waals surface area contributed by atoms with Gasteiger partial charge in [-0.05, 0) is 30.9 Å². The summed E-state index contributed by atoms with van der Waals surface area (Å²) in [5.41, 5.74) is 0.188. The van der Waals surface area contributed by atoms with E-state index in [1.165, 1.54) is 16.4 Å². The first-order chi connectivity index (χ1) is 11.8. The van der Waals surface area contributed by atoms with Crippen molar-refractivity contribution in [2.45, 2.75) is 31.6 Å². The van der Waals surface area contributed by atoms with E-state index in [1.54, 1.807) is 13.8 Å². The van der Waals surface area contributed by atoms with Crippen molar-refractivity contribution < 1.29 is 18.4 Å². The predicted molar refractivity (Wildman–Crippen MR) is 95.2 cm³/mol. The third-order valence-electron chi connectivity index (χ3n) is 4.60. The highest BCUT2D eigenvalue weighted by Crippen LogP contribution is 2.34. The largest absolute Gasteiger partial charge is 0.396 e. The number of sulfonamides is 1. The van der Waals surface area contributed by atoms with Crippen molar-refractivity contribution in [2.75, 3.05) is 37.7 Å². The summed E-state index contributed by atoms with van der Waals surface area (Å²) in [4.78, 5) is 12.8. The zero-order valence-corrected chi connectivity index (χ0v) is 15.4. The molecule has 1 N–H and O–H groups in total. The summed E-state index contributed by atoms with van der Waals surface area (Å²) >= 11 is 0. The van der Waals surface area contributed by atoms with Gasteiger partial charge in [-0.2, -0.15) is 4.31 Å². The van der Waals surface area contributed by atoms with Crippen molar-refractivity contribution in [1.29, 1.82) is 0 Å². The maximum absolute atomic E-state index is 12.6. The molecule has 1 saturated heterocycles. The van der Waals surface area contributed by atoms with Crippen molar-refractivity contribution in [1.82, 2.24) is 4.31 Å². The summed E-state index contributed by atoms with van der Waals surface area (Å²) in [6.07, 6.45) is 1.72. The van der Waals surface area contributed by atoms with E-state index in [9.17, 15) is 23.6 Å². The first kappa shape index (κ1) is 19.6. The Hall–Kier alpha value is -1.71. The molecule has 0 amide bonds. The molecule has 1 atom stereocenters. The number of piperidine rings is 1. The molecule has 0 aromatic heterocycles. The average molecular weight is 371 g/mol. The molecule has 1 aliphatic heterocycles. The van der Waals surface area contributed by atoms with Crippen LogP contribution in [0.15, 0.2) is 23.1 Å². The quantitative estimate of drug-likeness (QED) is 0.579. The normalized spacial score (nSPS) is 18.6. The minimum absolute atomic E-state index is 0.0404. The Morgan fingerprint density at radius 3 is 2.60 bits per heavy atom. The monoisotopic (exact) mass is 371 g/mol. The van der Waals surface area contributed by atoms with Gasteiger partial charge in [-0.15, -0.1) is 0 Å². The highest BCUT2D eigenvalue weighted by molar-refractivity contribution is 7.89. The Morgan fingerprint density at radius 1 is 1.36 bits per heavy atom. The Balaban J connectivity index is 2.43. The number of hydrogen-bond acceptors (Lipinski definition) is 6. The van der Waals surface area contributed by atoms with Gasteiger partial charge in [0.05, 0.1) is 9.82 Å². The van der Waals surface area contributed by atoms with Gasteiger partial charge >= 0.3 is 0 Å². The summed E-state index contributed by atoms with van der Waals surface area (Å²) in [6.45, 7) is 5.29. The van der Waals surface area contributed by atoms with Crippen molar-refractivity contribution in [2.24, 2.45) is 5.92 Å². The maximum atomic E-state index is 12.6. The molecule has 1 aromatic carbocycles. The number of anilines is 1. The average Bonchev–Trinajstić information content (AvgIpc) is 2.62. The van der Waals surface area contributed by atoms with Gasteiger partial charge in [0.25, 0.3) is 5.69 Å². The third-order valence-corrected chi connectivity index (χ3v) is 6.65. The van der Waals surface area contributed by atoms with E-state index in [-0.39, 0.29) is 23.1 Å². The van der Waals surface area contributed by atoms with E-state index in [2.05, 4.69) is 0 Å². The van der Waals surface area contributed by atoms with Crippen LogP contribution in [0.2, 0.25) is 0 Å². The van der Waals surface area contributed by atoms with Crippen LogP contribution < -0.4 is 4.90 Å². The van der Waals surface area contributed by atoms with Gasteiger partial charge in [-0.25, -0.2) is 8.42 Å². The van der Waals surface area contributed by atoms with Gasteiger partial charge in [-0.1, -0.05) is 13.8 Å². The molecule has 1 heterocycles. The van der Waals surface area contributed by atoms with Crippen LogP contribution in [0, 0.1) is 16.0 Å². The molecule has 1 fully saturated rings. The van der Waals surface area contributed by atoms with Gasteiger partial charge in [0, 0.05) is 38.9 Å². The summed E-state index contributed by atoms with van der Waals surface area (Å²) in [5.74, 6) is 0.0763. The van der Waals surface area contributed by atoms with Gasteiger partial charge in [0.2, 0.25) is 10.0 Å². The topological polar surface area (TPSA) is 104 Å². The molecule has 0 radical (unpaired) electrons. The lowest BCUT2D eigenvalue weighted by molar-refractivity contribution is -0.384. The fraction of sp³-hybridized carbons (Fsp3) is 0.625. The Labute approximate surface area is 148 Å². The second kappa shape index (κ2) is 8.11. The summed E-state index contributed by atoms with van der Waals surface area (Å²) in [7, 11) is -3.75. The molecule has 0 bridgehead atoms. The molecule has 8 nitrogen and oxygen atoms in total. The smallest absolute Gasteiger partial charge is 0.293 e. The lowest BCUT2D eigenvalue weighted by atomic mass is 9.98. The SMILES string of the molecule is CCN(CC)S(=O)(=O)c1ccc(N2CCC[C@@H](CO)C2)c([N+](=O)[O-])c1.